The molecule has 0 radical (unpaired) electrons. The highest BCUT2D eigenvalue weighted by molar-refractivity contribution is 7.86. The van der Waals surface area contributed by atoms with E-state index < -0.39 is 15.6 Å². The van der Waals surface area contributed by atoms with Crippen LogP contribution in [0.4, 0.5) is 13.2 Å². The SMILES string of the molecule is C.COc1ccc([I+]c2ccc(OC)cc2)cc1.O=S(=O)([O-])C(F)(F)F. The lowest BCUT2D eigenvalue weighted by Gasteiger charge is -2.08. The molecule has 2 rings (SSSR count). The number of alkyl halides is 3. The van der Waals surface area contributed by atoms with Gasteiger partial charge in [0.1, 0.15) is 11.5 Å². The van der Waals surface area contributed by atoms with Crippen LogP contribution in [-0.4, -0.2) is 32.7 Å². The molecule has 2 aromatic rings. The Labute approximate surface area is 161 Å². The van der Waals surface area contributed by atoms with Crippen molar-refractivity contribution < 1.29 is 56.8 Å². The Morgan fingerprint density at radius 1 is 0.846 bits per heavy atom. The van der Waals surface area contributed by atoms with Gasteiger partial charge in [0.15, 0.2) is 17.3 Å². The second-order valence-electron chi connectivity index (χ2n) is 4.31. The van der Waals surface area contributed by atoms with Crippen molar-refractivity contribution in [3.63, 3.8) is 0 Å². The molecule has 10 heteroatoms. The van der Waals surface area contributed by atoms with Gasteiger partial charge in [0.25, 0.3) is 0 Å². The zero-order valence-corrected chi connectivity index (χ0v) is 16.1. The van der Waals surface area contributed by atoms with Gasteiger partial charge in [-0.1, -0.05) is 7.43 Å². The molecule has 146 valence electrons. The minimum absolute atomic E-state index is 0. The standard InChI is InChI=1S/C14H14IO2.CHF3O3S.CH4/c1-16-13-7-3-11(4-8-13)15-12-5-9-14(17-2)10-6-12;2-1(3,4)8(5,6)7;/h3-10H,1-2H3;(H,5,6,7);1H4/q+1;;/p-1. The van der Waals surface area contributed by atoms with Crippen LogP contribution in [0.3, 0.4) is 0 Å². The van der Waals surface area contributed by atoms with Crippen molar-refractivity contribution in [2.24, 2.45) is 0 Å². The van der Waals surface area contributed by atoms with Crippen LogP contribution in [0, 0.1) is 7.14 Å². The van der Waals surface area contributed by atoms with Gasteiger partial charge in [-0.25, -0.2) is 8.42 Å². The summed E-state index contributed by atoms with van der Waals surface area (Å²) in [5.41, 5.74) is -5.65. The number of hydrogen-bond acceptors (Lipinski definition) is 5. The van der Waals surface area contributed by atoms with Crippen molar-refractivity contribution in [2.75, 3.05) is 14.2 Å². The Hall–Kier alpha value is -1.53. The zero-order valence-electron chi connectivity index (χ0n) is 13.1. The lowest BCUT2D eigenvalue weighted by atomic mass is 10.3. The molecule has 0 aliphatic carbocycles. The summed E-state index contributed by atoms with van der Waals surface area (Å²) < 4.78 is 72.0. The first-order valence-corrected chi connectivity index (χ1v) is 10.1. The van der Waals surface area contributed by atoms with Crippen LogP contribution in [0.15, 0.2) is 48.5 Å². The first kappa shape index (κ1) is 24.5. The lowest BCUT2D eigenvalue weighted by Crippen LogP contribution is -3.61. The molecule has 0 N–H and O–H groups in total. The molecule has 0 saturated heterocycles. The summed E-state index contributed by atoms with van der Waals surface area (Å²) in [5.74, 6) is 1.82. The van der Waals surface area contributed by atoms with Crippen LogP contribution in [0.1, 0.15) is 7.43 Å². The Bertz CT molecular complexity index is 714. The molecule has 0 fully saturated rings. The molecule has 0 saturated carbocycles. The summed E-state index contributed by atoms with van der Waals surface area (Å²) in [7, 11) is -2.71. The maximum Gasteiger partial charge on any atom is 0.485 e. The van der Waals surface area contributed by atoms with Crippen LogP contribution in [-0.2, 0) is 10.1 Å². The van der Waals surface area contributed by atoms with Crippen LogP contribution in [0.25, 0.3) is 0 Å². The fourth-order valence-corrected chi connectivity index (χ4v) is 3.55. The van der Waals surface area contributed by atoms with Gasteiger partial charge in [-0.15, -0.1) is 0 Å². The fraction of sp³-hybridized carbons (Fsp3) is 0.250. The topological polar surface area (TPSA) is 75.7 Å². The normalized spacial score (nSPS) is 10.8. The monoisotopic (exact) mass is 506 g/mol. The first-order valence-electron chi connectivity index (χ1n) is 6.52. The summed E-state index contributed by atoms with van der Waals surface area (Å²) in [5, 5.41) is 0. The number of halogens is 4. The quantitative estimate of drug-likeness (QED) is 0.344. The van der Waals surface area contributed by atoms with Gasteiger partial charge in [0.2, 0.25) is 0 Å². The molecule has 0 amide bonds. The highest BCUT2D eigenvalue weighted by atomic mass is 127. The van der Waals surface area contributed by atoms with E-state index in [9.17, 15) is 13.2 Å². The highest BCUT2D eigenvalue weighted by Crippen LogP contribution is 2.20. The molecule has 0 heterocycles. The molecule has 0 unspecified atom stereocenters. The number of methoxy groups -OCH3 is 2. The van der Waals surface area contributed by atoms with E-state index in [4.69, 9.17) is 22.4 Å². The van der Waals surface area contributed by atoms with Crippen LogP contribution in [0.5, 0.6) is 11.5 Å². The van der Waals surface area contributed by atoms with E-state index in [2.05, 4.69) is 24.3 Å². The maximum absolute atomic E-state index is 10.7. The number of benzene rings is 2. The Kier molecular flexibility index (Phi) is 9.96. The molecule has 0 atom stereocenters. The van der Waals surface area contributed by atoms with E-state index in [1.165, 1.54) is 7.14 Å². The van der Waals surface area contributed by atoms with E-state index >= 15 is 0 Å². The van der Waals surface area contributed by atoms with Crippen molar-refractivity contribution in [3.8, 4) is 11.5 Å². The van der Waals surface area contributed by atoms with Crippen LogP contribution >= 0.6 is 0 Å². The summed E-state index contributed by atoms with van der Waals surface area (Å²) >= 11 is -0.119. The van der Waals surface area contributed by atoms with Gasteiger partial charge in [-0.05, 0) is 48.5 Å². The second kappa shape index (κ2) is 10.6. The van der Waals surface area contributed by atoms with Gasteiger partial charge >= 0.3 is 26.7 Å². The molecule has 0 aromatic heterocycles. The molecule has 0 aliphatic rings. The molecule has 26 heavy (non-hydrogen) atoms. The van der Waals surface area contributed by atoms with Crippen molar-refractivity contribution in [3.05, 3.63) is 55.7 Å². The third-order valence-electron chi connectivity index (χ3n) is 2.60. The molecule has 2 aromatic carbocycles. The molecular formula is C16H18F3IO5S. The molecule has 0 bridgehead atoms. The largest absolute Gasteiger partial charge is 0.741 e. The summed E-state index contributed by atoms with van der Waals surface area (Å²) in [6, 6.07) is 16.6. The predicted molar refractivity (Wildman–Crippen MR) is 85.9 cm³/mol. The van der Waals surface area contributed by atoms with Crippen LogP contribution < -0.4 is 30.7 Å². The molecule has 0 spiro atoms. The van der Waals surface area contributed by atoms with Crippen LogP contribution in [0.2, 0.25) is 0 Å². The third-order valence-corrected chi connectivity index (χ3v) is 5.85. The van der Waals surface area contributed by atoms with Gasteiger partial charge in [-0.2, -0.15) is 13.2 Å². The summed E-state index contributed by atoms with van der Waals surface area (Å²) in [6.07, 6.45) is 0. The third kappa shape index (κ3) is 8.23. The Morgan fingerprint density at radius 3 is 1.31 bits per heavy atom. The van der Waals surface area contributed by atoms with Gasteiger partial charge in [0.05, 0.1) is 14.2 Å². The molecular weight excluding hydrogens is 488 g/mol. The van der Waals surface area contributed by atoms with E-state index in [1.807, 2.05) is 24.3 Å². The Balaban J connectivity index is 0.000000597. The van der Waals surface area contributed by atoms with Gasteiger partial charge in [0, 0.05) is 0 Å². The highest BCUT2D eigenvalue weighted by Gasteiger charge is 2.36. The average Bonchev–Trinajstić information content (AvgIpc) is 2.55. The van der Waals surface area contributed by atoms with E-state index in [0.717, 1.165) is 11.5 Å². The fourth-order valence-electron chi connectivity index (χ4n) is 1.39. The van der Waals surface area contributed by atoms with E-state index in [1.54, 1.807) is 14.2 Å². The lowest BCUT2D eigenvalue weighted by molar-refractivity contribution is -0.597. The number of ether oxygens (including phenoxy) is 2. The van der Waals surface area contributed by atoms with E-state index in [-0.39, 0.29) is 28.6 Å². The van der Waals surface area contributed by atoms with Gasteiger partial charge in [-0.3, -0.25) is 0 Å². The summed E-state index contributed by atoms with van der Waals surface area (Å²) in [4.78, 5) is 0. The average molecular weight is 506 g/mol. The smallest absolute Gasteiger partial charge is 0.485 e. The van der Waals surface area contributed by atoms with E-state index in [0.29, 0.717) is 0 Å². The second-order valence-corrected chi connectivity index (χ2v) is 8.71. The van der Waals surface area contributed by atoms with Gasteiger partial charge < -0.3 is 14.0 Å². The van der Waals surface area contributed by atoms with Crippen molar-refractivity contribution in [2.45, 2.75) is 12.9 Å². The predicted octanol–water partition coefficient (Wildman–Crippen LogP) is 0.520. The molecule has 5 nitrogen and oxygen atoms in total. The minimum atomic E-state index is -6.09. The number of hydrogen-bond donors (Lipinski definition) is 0. The molecule has 0 aliphatic heterocycles. The number of rotatable bonds is 4. The minimum Gasteiger partial charge on any atom is -0.741 e. The van der Waals surface area contributed by atoms with Crippen molar-refractivity contribution >= 4 is 10.1 Å². The van der Waals surface area contributed by atoms with Crippen molar-refractivity contribution in [1.82, 2.24) is 0 Å². The Morgan fingerprint density at radius 2 is 1.12 bits per heavy atom. The summed E-state index contributed by atoms with van der Waals surface area (Å²) in [6.45, 7) is 0. The zero-order chi connectivity index (χ0) is 19.1. The maximum atomic E-state index is 10.7. The van der Waals surface area contributed by atoms with Crippen molar-refractivity contribution in [1.29, 1.82) is 0 Å². The first-order chi connectivity index (χ1) is 11.6.